The van der Waals surface area contributed by atoms with E-state index in [4.69, 9.17) is 0 Å². The van der Waals surface area contributed by atoms with Crippen molar-refractivity contribution in [2.24, 2.45) is 0 Å². The van der Waals surface area contributed by atoms with Gasteiger partial charge in [0.25, 0.3) is 0 Å². The van der Waals surface area contributed by atoms with E-state index < -0.39 is 11.5 Å². The number of anilines is 1. The third-order valence-electron chi connectivity index (χ3n) is 3.64. The lowest BCUT2D eigenvalue weighted by Gasteiger charge is -2.27. The Balaban J connectivity index is 2.26. The number of carboxylic acid groups (broad SMARTS) is 1. The van der Waals surface area contributed by atoms with Crippen LogP contribution >= 0.6 is 0 Å². The summed E-state index contributed by atoms with van der Waals surface area (Å²) in [6.07, 6.45) is 4.35. The summed E-state index contributed by atoms with van der Waals surface area (Å²) in [5.74, 6) is -0.721. The summed E-state index contributed by atoms with van der Waals surface area (Å²) >= 11 is 0. The number of para-hydroxylation sites is 1. The molecule has 1 fully saturated rings. The minimum Gasteiger partial charge on any atom is -0.480 e. The third-order valence-corrected chi connectivity index (χ3v) is 3.64. The van der Waals surface area contributed by atoms with E-state index in [2.05, 4.69) is 12.2 Å². The van der Waals surface area contributed by atoms with Gasteiger partial charge in [-0.2, -0.15) is 0 Å². The topological polar surface area (TPSA) is 49.3 Å². The molecule has 0 atom stereocenters. The Hall–Kier alpha value is -1.51. The predicted octanol–water partition coefficient (Wildman–Crippen LogP) is 3.06. The summed E-state index contributed by atoms with van der Waals surface area (Å²) in [6.45, 7) is 2.09. The number of carbonyl (C=O) groups is 1. The first-order chi connectivity index (χ1) is 8.18. The smallest absolute Gasteiger partial charge is 0.329 e. The fraction of sp³-hybridized carbons (Fsp3) is 0.500. The zero-order valence-electron chi connectivity index (χ0n) is 10.2. The van der Waals surface area contributed by atoms with Gasteiger partial charge in [-0.3, -0.25) is 0 Å². The highest BCUT2D eigenvalue weighted by molar-refractivity contribution is 5.83. The first-order valence-corrected chi connectivity index (χ1v) is 6.27. The molecule has 1 aliphatic rings. The summed E-state index contributed by atoms with van der Waals surface area (Å²) in [5, 5.41) is 12.7. The lowest BCUT2D eigenvalue weighted by Crippen LogP contribution is -2.43. The van der Waals surface area contributed by atoms with Crippen molar-refractivity contribution in [1.29, 1.82) is 0 Å². The van der Waals surface area contributed by atoms with Gasteiger partial charge >= 0.3 is 5.97 Å². The van der Waals surface area contributed by atoms with Crippen molar-refractivity contribution in [3.8, 4) is 0 Å². The molecule has 0 heterocycles. The molecule has 0 aromatic heterocycles. The van der Waals surface area contributed by atoms with E-state index in [-0.39, 0.29) is 0 Å². The minimum absolute atomic E-state index is 0.721. The number of aliphatic carboxylic acids is 1. The largest absolute Gasteiger partial charge is 0.480 e. The monoisotopic (exact) mass is 233 g/mol. The van der Waals surface area contributed by atoms with Crippen LogP contribution in [0.4, 0.5) is 5.69 Å². The van der Waals surface area contributed by atoms with Gasteiger partial charge in [0, 0.05) is 5.69 Å². The molecule has 17 heavy (non-hydrogen) atoms. The van der Waals surface area contributed by atoms with Crippen LogP contribution in [0.5, 0.6) is 0 Å². The normalized spacial score (nSPS) is 17.9. The van der Waals surface area contributed by atoms with E-state index in [1.54, 1.807) is 0 Å². The van der Waals surface area contributed by atoms with Crippen LogP contribution in [0.1, 0.15) is 38.2 Å². The summed E-state index contributed by atoms with van der Waals surface area (Å²) < 4.78 is 0. The van der Waals surface area contributed by atoms with Crippen LogP contribution in [0, 0.1) is 0 Å². The average Bonchev–Trinajstić information content (AvgIpc) is 2.80. The Labute approximate surface area is 102 Å². The van der Waals surface area contributed by atoms with Crippen molar-refractivity contribution < 1.29 is 9.90 Å². The Kier molecular flexibility index (Phi) is 3.36. The van der Waals surface area contributed by atoms with E-state index in [1.165, 1.54) is 5.56 Å². The molecule has 0 aliphatic heterocycles. The van der Waals surface area contributed by atoms with Crippen molar-refractivity contribution in [3.63, 3.8) is 0 Å². The number of hydrogen-bond donors (Lipinski definition) is 2. The second-order valence-electron chi connectivity index (χ2n) is 4.73. The molecule has 1 aromatic rings. The molecule has 0 bridgehead atoms. The zero-order valence-corrected chi connectivity index (χ0v) is 10.2. The number of hydrogen-bond acceptors (Lipinski definition) is 2. The summed E-state index contributed by atoms with van der Waals surface area (Å²) in [4.78, 5) is 11.5. The van der Waals surface area contributed by atoms with Crippen molar-refractivity contribution in [1.82, 2.24) is 0 Å². The number of carboxylic acids is 1. The Morgan fingerprint density at radius 1 is 1.35 bits per heavy atom. The van der Waals surface area contributed by atoms with Gasteiger partial charge < -0.3 is 10.4 Å². The van der Waals surface area contributed by atoms with E-state index in [9.17, 15) is 9.90 Å². The van der Waals surface area contributed by atoms with Gasteiger partial charge in [0.2, 0.25) is 0 Å². The van der Waals surface area contributed by atoms with Crippen LogP contribution in [0.25, 0.3) is 0 Å². The van der Waals surface area contributed by atoms with E-state index in [0.29, 0.717) is 0 Å². The minimum atomic E-state index is -0.745. The van der Waals surface area contributed by atoms with Crippen LogP contribution in [0.3, 0.4) is 0 Å². The highest BCUT2D eigenvalue weighted by Gasteiger charge is 2.41. The second kappa shape index (κ2) is 4.78. The fourth-order valence-electron chi connectivity index (χ4n) is 2.58. The average molecular weight is 233 g/mol. The molecule has 2 rings (SSSR count). The van der Waals surface area contributed by atoms with Crippen LogP contribution in [-0.2, 0) is 11.2 Å². The first-order valence-electron chi connectivity index (χ1n) is 6.27. The van der Waals surface area contributed by atoms with Gasteiger partial charge in [-0.1, -0.05) is 38.0 Å². The van der Waals surface area contributed by atoms with Gasteiger partial charge in [-0.15, -0.1) is 0 Å². The maximum Gasteiger partial charge on any atom is 0.329 e. The predicted molar refractivity (Wildman–Crippen MR) is 68.3 cm³/mol. The van der Waals surface area contributed by atoms with E-state index in [1.807, 2.05) is 24.3 Å². The molecule has 0 radical (unpaired) electrons. The molecule has 92 valence electrons. The fourth-order valence-corrected chi connectivity index (χ4v) is 2.58. The Morgan fingerprint density at radius 3 is 2.59 bits per heavy atom. The zero-order chi connectivity index (χ0) is 12.3. The summed E-state index contributed by atoms with van der Waals surface area (Å²) in [6, 6.07) is 7.97. The van der Waals surface area contributed by atoms with Crippen molar-refractivity contribution in [2.75, 3.05) is 5.32 Å². The number of benzene rings is 1. The molecule has 1 aliphatic carbocycles. The lowest BCUT2D eigenvalue weighted by atomic mass is 9.96. The lowest BCUT2D eigenvalue weighted by molar-refractivity contribution is -0.142. The molecule has 1 saturated carbocycles. The van der Waals surface area contributed by atoms with Gasteiger partial charge in [-0.25, -0.2) is 4.79 Å². The molecular formula is C14H19NO2. The number of aryl methyl sites for hydroxylation is 1. The molecule has 0 saturated heterocycles. The molecule has 2 N–H and O–H groups in total. The highest BCUT2D eigenvalue weighted by atomic mass is 16.4. The van der Waals surface area contributed by atoms with Crippen LogP contribution < -0.4 is 5.32 Å². The molecule has 3 nitrogen and oxygen atoms in total. The van der Waals surface area contributed by atoms with Gasteiger partial charge in [0.1, 0.15) is 5.54 Å². The van der Waals surface area contributed by atoms with Crippen LogP contribution in [0.2, 0.25) is 0 Å². The van der Waals surface area contributed by atoms with Crippen molar-refractivity contribution >= 4 is 11.7 Å². The van der Waals surface area contributed by atoms with Crippen LogP contribution in [-0.4, -0.2) is 16.6 Å². The van der Waals surface area contributed by atoms with Crippen molar-refractivity contribution in [3.05, 3.63) is 29.8 Å². The highest BCUT2D eigenvalue weighted by Crippen LogP contribution is 2.34. The second-order valence-corrected chi connectivity index (χ2v) is 4.73. The van der Waals surface area contributed by atoms with E-state index >= 15 is 0 Å². The van der Waals surface area contributed by atoms with Gasteiger partial charge in [0.15, 0.2) is 0 Å². The Morgan fingerprint density at radius 2 is 2.00 bits per heavy atom. The van der Waals surface area contributed by atoms with Crippen LogP contribution in [0.15, 0.2) is 24.3 Å². The number of nitrogens with one attached hydrogen (secondary N) is 1. The standard InChI is InChI=1S/C14H19NO2/c1-2-11-7-3-4-8-12(11)15-14(13(16)17)9-5-6-10-14/h3-4,7-8,15H,2,5-6,9-10H2,1H3,(H,16,17). The maximum atomic E-state index is 11.5. The number of rotatable bonds is 4. The molecule has 0 unspecified atom stereocenters. The summed E-state index contributed by atoms with van der Waals surface area (Å²) in [7, 11) is 0. The molecule has 3 heteroatoms. The SMILES string of the molecule is CCc1ccccc1NC1(C(=O)O)CCCC1. The molecule has 0 spiro atoms. The van der Waals surface area contributed by atoms with Crippen molar-refractivity contribution in [2.45, 2.75) is 44.6 Å². The molecule has 0 amide bonds. The quantitative estimate of drug-likeness (QED) is 0.840. The first kappa shape index (κ1) is 12.0. The van der Waals surface area contributed by atoms with Gasteiger partial charge in [0.05, 0.1) is 0 Å². The molecular weight excluding hydrogens is 214 g/mol. The summed E-state index contributed by atoms with van der Waals surface area (Å²) in [5.41, 5.74) is 1.41. The third kappa shape index (κ3) is 2.28. The maximum absolute atomic E-state index is 11.5. The van der Waals surface area contributed by atoms with E-state index in [0.717, 1.165) is 37.8 Å². The molecule has 1 aromatic carbocycles. The van der Waals surface area contributed by atoms with Gasteiger partial charge in [-0.05, 0) is 30.9 Å². The Bertz CT molecular complexity index is 408.